The van der Waals surface area contributed by atoms with Gasteiger partial charge in [0.25, 0.3) is 0 Å². The largest absolute Gasteiger partial charge is 0.375 e. The number of hydrogen-bond acceptors (Lipinski definition) is 5. The SMILES string of the molecule is CCNC(=O)[C@@]1(Cc2ccccc2-c2cncnc2)CCCN(C(=O)COC)C1. The Morgan fingerprint density at radius 3 is 2.72 bits per heavy atom. The maximum atomic E-state index is 13.2. The Kier molecular flexibility index (Phi) is 6.93. The first-order valence-electron chi connectivity index (χ1n) is 9.98. The minimum Gasteiger partial charge on any atom is -0.375 e. The van der Waals surface area contributed by atoms with E-state index in [4.69, 9.17) is 4.74 Å². The van der Waals surface area contributed by atoms with Gasteiger partial charge in [0.05, 0.1) is 5.41 Å². The molecule has 1 aliphatic heterocycles. The number of ether oxygens (including phenoxy) is 1. The van der Waals surface area contributed by atoms with Crippen LogP contribution < -0.4 is 5.32 Å². The molecule has 0 spiro atoms. The van der Waals surface area contributed by atoms with Crippen LogP contribution in [0.2, 0.25) is 0 Å². The minimum atomic E-state index is -0.677. The Hall–Kier alpha value is -2.80. The molecule has 0 unspecified atom stereocenters. The van der Waals surface area contributed by atoms with Crippen LogP contribution in [0.5, 0.6) is 0 Å². The molecule has 1 N–H and O–H groups in total. The average Bonchev–Trinajstić information content (AvgIpc) is 2.75. The zero-order valence-electron chi connectivity index (χ0n) is 17.1. The van der Waals surface area contributed by atoms with Gasteiger partial charge in [0, 0.05) is 44.7 Å². The molecule has 0 aliphatic carbocycles. The lowest BCUT2D eigenvalue weighted by Gasteiger charge is -2.42. The lowest BCUT2D eigenvalue weighted by atomic mass is 9.73. The van der Waals surface area contributed by atoms with E-state index in [9.17, 15) is 9.59 Å². The molecule has 1 saturated heterocycles. The van der Waals surface area contributed by atoms with Crippen molar-refractivity contribution < 1.29 is 14.3 Å². The summed E-state index contributed by atoms with van der Waals surface area (Å²) in [7, 11) is 1.51. The van der Waals surface area contributed by atoms with Crippen LogP contribution >= 0.6 is 0 Å². The van der Waals surface area contributed by atoms with E-state index in [2.05, 4.69) is 15.3 Å². The molecule has 0 radical (unpaired) electrons. The van der Waals surface area contributed by atoms with Crippen molar-refractivity contribution in [3.63, 3.8) is 0 Å². The van der Waals surface area contributed by atoms with Gasteiger partial charge in [-0.25, -0.2) is 9.97 Å². The molecule has 1 aromatic carbocycles. The molecular formula is C22H28N4O3. The van der Waals surface area contributed by atoms with Gasteiger partial charge in [0.2, 0.25) is 11.8 Å². The normalized spacial score (nSPS) is 19.0. The van der Waals surface area contributed by atoms with E-state index in [1.165, 1.54) is 13.4 Å². The standard InChI is InChI=1S/C22H28N4O3/c1-3-25-21(28)22(9-6-10-26(15-22)20(27)14-29-2)11-17-7-4-5-8-19(17)18-12-23-16-24-13-18/h4-5,7-8,12-13,16H,3,6,9-11,14-15H2,1-2H3,(H,25,28)/t22-/m1/s1. The van der Waals surface area contributed by atoms with Crippen molar-refractivity contribution in [2.24, 2.45) is 5.41 Å². The van der Waals surface area contributed by atoms with Crippen molar-refractivity contribution in [2.45, 2.75) is 26.2 Å². The Morgan fingerprint density at radius 1 is 1.24 bits per heavy atom. The first kappa shape index (κ1) is 20.9. The number of rotatable bonds is 7. The highest BCUT2D eigenvalue weighted by molar-refractivity contribution is 5.85. The third kappa shape index (κ3) is 4.79. The predicted molar refractivity (Wildman–Crippen MR) is 110 cm³/mol. The highest BCUT2D eigenvalue weighted by Crippen LogP contribution is 2.37. The van der Waals surface area contributed by atoms with E-state index >= 15 is 0 Å². The van der Waals surface area contributed by atoms with Crippen LogP contribution in [0.3, 0.4) is 0 Å². The maximum Gasteiger partial charge on any atom is 0.248 e. The molecule has 29 heavy (non-hydrogen) atoms. The van der Waals surface area contributed by atoms with E-state index in [-0.39, 0.29) is 18.4 Å². The fourth-order valence-corrected chi connectivity index (χ4v) is 4.08. The number of nitrogens with zero attached hydrogens (tertiary/aromatic N) is 3. The van der Waals surface area contributed by atoms with Gasteiger partial charge in [-0.2, -0.15) is 0 Å². The summed E-state index contributed by atoms with van der Waals surface area (Å²) in [5.41, 5.74) is 2.30. The number of methoxy groups -OCH3 is 1. The molecule has 0 bridgehead atoms. The molecular weight excluding hydrogens is 368 g/mol. The Bertz CT molecular complexity index is 843. The zero-order valence-corrected chi connectivity index (χ0v) is 17.1. The number of piperidine rings is 1. The molecule has 1 aliphatic rings. The van der Waals surface area contributed by atoms with Gasteiger partial charge in [0.1, 0.15) is 12.9 Å². The lowest BCUT2D eigenvalue weighted by molar-refractivity contribution is -0.144. The van der Waals surface area contributed by atoms with Gasteiger partial charge in [-0.3, -0.25) is 9.59 Å². The van der Waals surface area contributed by atoms with E-state index in [1.807, 2.05) is 31.2 Å². The number of carbonyl (C=O) groups excluding carboxylic acids is 2. The van der Waals surface area contributed by atoms with Crippen molar-refractivity contribution in [1.29, 1.82) is 0 Å². The van der Waals surface area contributed by atoms with Gasteiger partial charge < -0.3 is 15.0 Å². The van der Waals surface area contributed by atoms with Gasteiger partial charge in [-0.15, -0.1) is 0 Å². The van der Waals surface area contributed by atoms with Crippen LogP contribution in [0.15, 0.2) is 43.0 Å². The maximum absolute atomic E-state index is 13.2. The number of hydrogen-bond donors (Lipinski definition) is 1. The third-order valence-electron chi connectivity index (χ3n) is 5.43. The number of benzene rings is 1. The molecule has 2 heterocycles. The van der Waals surface area contributed by atoms with Crippen molar-refractivity contribution in [3.05, 3.63) is 48.5 Å². The highest BCUT2D eigenvalue weighted by atomic mass is 16.5. The van der Waals surface area contributed by atoms with E-state index in [0.717, 1.165) is 29.5 Å². The van der Waals surface area contributed by atoms with E-state index < -0.39 is 5.41 Å². The fraction of sp³-hybridized carbons (Fsp3) is 0.455. The van der Waals surface area contributed by atoms with Crippen LogP contribution in [0, 0.1) is 5.41 Å². The Labute approximate surface area is 171 Å². The number of amides is 2. The first-order chi connectivity index (χ1) is 14.1. The molecule has 1 fully saturated rings. The van der Waals surface area contributed by atoms with Crippen molar-refractivity contribution in [2.75, 3.05) is 33.4 Å². The predicted octanol–water partition coefficient (Wildman–Crippen LogP) is 2.08. The number of nitrogens with one attached hydrogen (secondary N) is 1. The van der Waals surface area contributed by atoms with Gasteiger partial charge >= 0.3 is 0 Å². The summed E-state index contributed by atoms with van der Waals surface area (Å²) < 4.78 is 5.02. The molecule has 7 heteroatoms. The van der Waals surface area contributed by atoms with E-state index in [0.29, 0.717) is 26.1 Å². The second-order valence-corrected chi connectivity index (χ2v) is 7.45. The van der Waals surface area contributed by atoms with Crippen LogP contribution in [-0.2, 0) is 20.7 Å². The Morgan fingerprint density at radius 2 is 2.00 bits per heavy atom. The molecule has 154 valence electrons. The number of carbonyl (C=O) groups is 2. The quantitative estimate of drug-likeness (QED) is 0.775. The summed E-state index contributed by atoms with van der Waals surface area (Å²) in [5.74, 6) is -0.0837. The molecule has 1 atom stereocenters. The summed E-state index contributed by atoms with van der Waals surface area (Å²) in [6.45, 7) is 3.54. The summed E-state index contributed by atoms with van der Waals surface area (Å²) in [6.07, 6.45) is 7.11. The van der Waals surface area contributed by atoms with Crippen LogP contribution in [0.4, 0.5) is 0 Å². The second-order valence-electron chi connectivity index (χ2n) is 7.45. The first-order valence-corrected chi connectivity index (χ1v) is 9.98. The topological polar surface area (TPSA) is 84.4 Å². The smallest absolute Gasteiger partial charge is 0.248 e. The summed E-state index contributed by atoms with van der Waals surface area (Å²) in [6, 6.07) is 8.01. The van der Waals surface area contributed by atoms with Crippen LogP contribution in [-0.4, -0.2) is 60.0 Å². The molecule has 7 nitrogen and oxygen atoms in total. The number of likely N-dealkylation sites (tertiary alicyclic amines) is 1. The summed E-state index contributed by atoms with van der Waals surface area (Å²) in [4.78, 5) is 35.7. The summed E-state index contributed by atoms with van der Waals surface area (Å²) >= 11 is 0. The number of aromatic nitrogens is 2. The highest BCUT2D eigenvalue weighted by Gasteiger charge is 2.43. The zero-order chi connectivity index (χ0) is 20.7. The molecule has 3 rings (SSSR count). The van der Waals surface area contributed by atoms with Gasteiger partial charge in [-0.05, 0) is 37.3 Å². The van der Waals surface area contributed by atoms with E-state index in [1.54, 1.807) is 17.3 Å². The average molecular weight is 396 g/mol. The Balaban J connectivity index is 1.95. The van der Waals surface area contributed by atoms with Gasteiger partial charge in [-0.1, -0.05) is 24.3 Å². The third-order valence-corrected chi connectivity index (χ3v) is 5.43. The molecule has 2 aromatic rings. The van der Waals surface area contributed by atoms with Crippen molar-refractivity contribution >= 4 is 11.8 Å². The molecule has 1 aromatic heterocycles. The monoisotopic (exact) mass is 396 g/mol. The second kappa shape index (κ2) is 9.60. The lowest BCUT2D eigenvalue weighted by Crippen LogP contribution is -2.55. The van der Waals surface area contributed by atoms with Crippen LogP contribution in [0.1, 0.15) is 25.3 Å². The molecule has 0 saturated carbocycles. The molecule has 2 amide bonds. The van der Waals surface area contributed by atoms with Gasteiger partial charge in [0.15, 0.2) is 0 Å². The summed E-state index contributed by atoms with van der Waals surface area (Å²) in [5, 5.41) is 2.99. The fourth-order valence-electron chi connectivity index (χ4n) is 4.08. The van der Waals surface area contributed by atoms with Crippen molar-refractivity contribution in [1.82, 2.24) is 20.2 Å². The van der Waals surface area contributed by atoms with Crippen molar-refractivity contribution in [3.8, 4) is 11.1 Å². The minimum absolute atomic E-state index is 0.00553. The van der Waals surface area contributed by atoms with Crippen LogP contribution in [0.25, 0.3) is 11.1 Å².